The molecule has 0 aliphatic carbocycles. The van der Waals surface area contributed by atoms with Gasteiger partial charge in [0.05, 0.1) is 5.56 Å². The third kappa shape index (κ3) is 1.99. The van der Waals surface area contributed by atoms with Crippen molar-refractivity contribution in [3.05, 3.63) is 35.1 Å². The molecule has 1 N–H and O–H groups in total. The molecular weight excluding hydrogens is 245 g/mol. The first-order chi connectivity index (χ1) is 8.12. The van der Waals surface area contributed by atoms with Crippen LogP contribution in [-0.4, -0.2) is 5.11 Å². The average molecular weight is 258 g/mol. The fourth-order valence-corrected chi connectivity index (χ4v) is 2.12. The zero-order valence-electron chi connectivity index (χ0n) is 10.2. The fraction of sp³-hybridized carbons (Fsp3) is 0.385. The number of rotatable bonds is 1. The van der Waals surface area contributed by atoms with Crippen LogP contribution in [0.4, 0.5) is 13.2 Å². The topological polar surface area (TPSA) is 33.4 Å². The van der Waals surface area contributed by atoms with Crippen molar-refractivity contribution >= 4 is 11.0 Å². The molecule has 2 rings (SSSR count). The molecule has 0 aliphatic rings. The summed E-state index contributed by atoms with van der Waals surface area (Å²) >= 11 is 0. The number of hydrogen-bond acceptors (Lipinski definition) is 2. The van der Waals surface area contributed by atoms with E-state index in [0.717, 1.165) is 6.07 Å². The van der Waals surface area contributed by atoms with Crippen LogP contribution < -0.4 is 0 Å². The van der Waals surface area contributed by atoms with Crippen LogP contribution in [0.25, 0.3) is 11.0 Å². The van der Waals surface area contributed by atoms with Gasteiger partial charge < -0.3 is 9.52 Å². The Morgan fingerprint density at radius 3 is 2.28 bits per heavy atom. The quantitative estimate of drug-likeness (QED) is 0.839. The summed E-state index contributed by atoms with van der Waals surface area (Å²) in [6, 6.07) is 3.77. The van der Waals surface area contributed by atoms with Crippen molar-refractivity contribution in [2.24, 2.45) is 0 Å². The number of fused-ring (bicyclic) bond motifs is 1. The molecule has 0 unspecified atom stereocenters. The molecule has 0 atom stereocenters. The van der Waals surface area contributed by atoms with E-state index in [1.165, 1.54) is 32.9 Å². The van der Waals surface area contributed by atoms with Gasteiger partial charge in [0.2, 0.25) is 0 Å². The van der Waals surface area contributed by atoms with Gasteiger partial charge in [-0.3, -0.25) is 0 Å². The Hall–Kier alpha value is -1.49. The second-order valence-electron chi connectivity index (χ2n) is 4.79. The summed E-state index contributed by atoms with van der Waals surface area (Å²) in [6.07, 6.45) is -4.44. The van der Waals surface area contributed by atoms with Gasteiger partial charge >= 0.3 is 6.18 Å². The normalized spacial score (nSPS) is 13.3. The highest BCUT2D eigenvalue weighted by atomic mass is 19.4. The molecule has 1 aromatic carbocycles. The number of halogens is 3. The summed E-state index contributed by atoms with van der Waals surface area (Å²) in [4.78, 5) is 0. The lowest BCUT2D eigenvalue weighted by Crippen LogP contribution is -2.15. The van der Waals surface area contributed by atoms with Gasteiger partial charge in [0, 0.05) is 10.9 Å². The molecule has 0 radical (unpaired) electrons. The maximum absolute atomic E-state index is 12.9. The number of aryl methyl sites for hydroxylation is 1. The van der Waals surface area contributed by atoms with Crippen LogP contribution in [-0.2, 0) is 11.8 Å². The second kappa shape index (κ2) is 3.75. The first-order valence-electron chi connectivity index (χ1n) is 5.44. The van der Waals surface area contributed by atoms with Gasteiger partial charge in [0.25, 0.3) is 0 Å². The maximum atomic E-state index is 12.9. The predicted molar refractivity (Wildman–Crippen MR) is 61.2 cm³/mol. The van der Waals surface area contributed by atoms with Gasteiger partial charge in [0.15, 0.2) is 0 Å². The van der Waals surface area contributed by atoms with Crippen molar-refractivity contribution < 1.29 is 22.7 Å². The van der Waals surface area contributed by atoms with E-state index < -0.39 is 17.3 Å². The fourth-order valence-electron chi connectivity index (χ4n) is 2.12. The minimum atomic E-state index is -4.44. The monoisotopic (exact) mass is 258 g/mol. The zero-order valence-corrected chi connectivity index (χ0v) is 10.2. The lowest BCUT2D eigenvalue weighted by molar-refractivity contribution is -0.136. The van der Waals surface area contributed by atoms with Gasteiger partial charge in [-0.2, -0.15) is 13.2 Å². The summed E-state index contributed by atoms with van der Waals surface area (Å²) < 4.78 is 44.0. The first kappa shape index (κ1) is 13.0. The lowest BCUT2D eigenvalue weighted by Gasteiger charge is -2.14. The molecule has 0 bridgehead atoms. The molecule has 18 heavy (non-hydrogen) atoms. The van der Waals surface area contributed by atoms with Crippen LogP contribution in [0.2, 0.25) is 0 Å². The molecule has 0 fully saturated rings. The molecule has 0 saturated heterocycles. The molecule has 98 valence electrons. The summed E-state index contributed by atoms with van der Waals surface area (Å²) in [5.41, 5.74) is -1.59. The van der Waals surface area contributed by atoms with Crippen LogP contribution in [0.3, 0.4) is 0 Å². The molecular formula is C13H13F3O2. The number of hydrogen-bond donors (Lipinski definition) is 1. The molecule has 2 nitrogen and oxygen atoms in total. The maximum Gasteiger partial charge on any atom is 0.417 e. The van der Waals surface area contributed by atoms with Gasteiger partial charge in [-0.25, -0.2) is 0 Å². The Bertz CT molecular complexity index is 589. The third-order valence-electron chi connectivity index (χ3n) is 2.81. The van der Waals surface area contributed by atoms with Crippen molar-refractivity contribution in [3.8, 4) is 0 Å². The van der Waals surface area contributed by atoms with E-state index in [0.29, 0.717) is 5.56 Å². The third-order valence-corrected chi connectivity index (χ3v) is 2.81. The van der Waals surface area contributed by atoms with E-state index in [4.69, 9.17) is 4.42 Å². The standard InChI is InChI=1S/C13H13F3O2/c1-7-10-8(13(14,15)16)5-4-6-9(10)18-11(7)12(2,3)17/h4-6,17H,1-3H3. The number of alkyl halides is 3. The highest BCUT2D eigenvalue weighted by Crippen LogP contribution is 2.40. The second-order valence-corrected chi connectivity index (χ2v) is 4.79. The number of aliphatic hydroxyl groups is 1. The summed E-state index contributed by atoms with van der Waals surface area (Å²) in [5, 5.41) is 9.91. The molecule has 2 aromatic rings. The van der Waals surface area contributed by atoms with Crippen molar-refractivity contribution in [2.45, 2.75) is 32.5 Å². The van der Waals surface area contributed by atoms with E-state index in [1.807, 2.05) is 0 Å². The summed E-state index contributed by atoms with van der Waals surface area (Å²) in [5.74, 6) is 0.161. The van der Waals surface area contributed by atoms with Gasteiger partial charge in [-0.1, -0.05) is 6.07 Å². The van der Waals surface area contributed by atoms with E-state index >= 15 is 0 Å². The summed E-state index contributed by atoms with van der Waals surface area (Å²) in [7, 11) is 0. The number of furan rings is 1. The first-order valence-corrected chi connectivity index (χ1v) is 5.44. The van der Waals surface area contributed by atoms with Crippen molar-refractivity contribution in [1.29, 1.82) is 0 Å². The van der Waals surface area contributed by atoms with Gasteiger partial charge in [-0.15, -0.1) is 0 Å². The summed E-state index contributed by atoms with van der Waals surface area (Å²) in [6.45, 7) is 4.48. The highest BCUT2D eigenvalue weighted by molar-refractivity contribution is 5.86. The molecule has 0 spiro atoms. The van der Waals surface area contributed by atoms with E-state index in [9.17, 15) is 18.3 Å². The smallest absolute Gasteiger partial charge is 0.417 e. The van der Waals surface area contributed by atoms with Crippen LogP contribution >= 0.6 is 0 Å². The van der Waals surface area contributed by atoms with Crippen molar-refractivity contribution in [1.82, 2.24) is 0 Å². The van der Waals surface area contributed by atoms with Crippen LogP contribution in [0, 0.1) is 6.92 Å². The zero-order chi connectivity index (χ0) is 13.7. The Labute approximate surface area is 102 Å². The minimum Gasteiger partial charge on any atom is -0.458 e. The molecule has 1 aromatic heterocycles. The molecule has 0 saturated carbocycles. The Morgan fingerprint density at radius 2 is 1.78 bits per heavy atom. The van der Waals surface area contributed by atoms with Gasteiger partial charge in [0.1, 0.15) is 16.9 Å². The van der Waals surface area contributed by atoms with Crippen LogP contribution in [0.5, 0.6) is 0 Å². The van der Waals surface area contributed by atoms with Crippen LogP contribution in [0.1, 0.15) is 30.7 Å². The van der Waals surface area contributed by atoms with Gasteiger partial charge in [-0.05, 0) is 32.9 Å². The van der Waals surface area contributed by atoms with Crippen molar-refractivity contribution in [2.75, 3.05) is 0 Å². The van der Waals surface area contributed by atoms with E-state index in [-0.39, 0.29) is 16.7 Å². The van der Waals surface area contributed by atoms with Crippen LogP contribution in [0.15, 0.2) is 22.6 Å². The SMILES string of the molecule is Cc1c(C(C)(C)O)oc2cccc(C(F)(F)F)c12. The lowest BCUT2D eigenvalue weighted by atomic mass is 9.99. The minimum absolute atomic E-state index is 0.0159. The Balaban J connectivity index is 2.83. The molecule has 0 amide bonds. The average Bonchev–Trinajstić information content (AvgIpc) is 2.54. The largest absolute Gasteiger partial charge is 0.458 e. The van der Waals surface area contributed by atoms with E-state index in [2.05, 4.69) is 0 Å². The molecule has 5 heteroatoms. The van der Waals surface area contributed by atoms with Crippen molar-refractivity contribution in [3.63, 3.8) is 0 Å². The number of benzene rings is 1. The highest BCUT2D eigenvalue weighted by Gasteiger charge is 2.35. The Kier molecular flexibility index (Phi) is 2.70. The molecule has 0 aliphatic heterocycles. The Morgan fingerprint density at radius 1 is 1.17 bits per heavy atom. The predicted octanol–water partition coefficient (Wildman–Crippen LogP) is 3.99. The van der Waals surface area contributed by atoms with E-state index in [1.54, 1.807) is 0 Å². The molecule has 1 heterocycles.